The van der Waals surface area contributed by atoms with Crippen LogP contribution in [0.4, 0.5) is 0 Å². The molecule has 2 aromatic rings. The third kappa shape index (κ3) is 2.76. The van der Waals surface area contributed by atoms with Crippen molar-refractivity contribution in [1.29, 1.82) is 0 Å². The van der Waals surface area contributed by atoms with Crippen LogP contribution in [-0.2, 0) is 32.7 Å². The number of benzene rings is 1. The topological polar surface area (TPSA) is 51.3 Å². The van der Waals surface area contributed by atoms with Gasteiger partial charge in [0.2, 0.25) is 0 Å². The monoisotopic (exact) mass is 315 g/mol. The summed E-state index contributed by atoms with van der Waals surface area (Å²) < 4.78 is 11.4. The Hall–Kier alpha value is -1.81. The van der Waals surface area contributed by atoms with Crippen molar-refractivity contribution in [2.24, 2.45) is 0 Å². The molecule has 0 bridgehead atoms. The predicted octanol–water partition coefficient (Wildman–Crippen LogP) is 3.86. The molecular weight excluding hydrogens is 290 g/mol. The normalized spacial score (nSPS) is 20.5. The number of carbonyl (C=O) groups excluding carboxylic acids is 1. The molecule has 1 aromatic heterocycles. The van der Waals surface area contributed by atoms with Gasteiger partial charge in [-0.15, -0.1) is 0 Å². The van der Waals surface area contributed by atoms with Crippen LogP contribution in [0.5, 0.6) is 0 Å². The van der Waals surface area contributed by atoms with Crippen LogP contribution in [0.15, 0.2) is 18.2 Å². The van der Waals surface area contributed by atoms with Gasteiger partial charge in [-0.3, -0.25) is 4.79 Å². The lowest BCUT2D eigenvalue weighted by atomic mass is 9.86. The molecule has 0 saturated carbocycles. The molecule has 4 nitrogen and oxygen atoms in total. The van der Waals surface area contributed by atoms with Crippen LogP contribution in [-0.4, -0.2) is 24.2 Å². The van der Waals surface area contributed by atoms with E-state index < -0.39 is 0 Å². The van der Waals surface area contributed by atoms with E-state index in [9.17, 15) is 4.79 Å². The molecule has 124 valence electrons. The number of fused-ring (bicyclic) bond motifs is 3. The van der Waals surface area contributed by atoms with E-state index in [4.69, 9.17) is 9.47 Å². The first kappa shape index (κ1) is 16.1. The molecule has 1 aliphatic heterocycles. The number of hydrogen-bond donors (Lipinski definition) is 1. The van der Waals surface area contributed by atoms with Gasteiger partial charge < -0.3 is 14.5 Å². The standard InChI is InChI=1S/C19H25NO3/c1-4-14-7-6-8-15-16-9-11-23-19(5-2,10-12-22-13(3)21)18(16)20-17(14)15/h6-8,20H,4-5,9-12H2,1-3H3. The molecule has 0 aliphatic carbocycles. The highest BCUT2D eigenvalue weighted by atomic mass is 16.5. The van der Waals surface area contributed by atoms with Crippen LogP contribution >= 0.6 is 0 Å². The molecule has 1 unspecified atom stereocenters. The Kier molecular flexibility index (Phi) is 4.44. The summed E-state index contributed by atoms with van der Waals surface area (Å²) in [5, 5.41) is 1.31. The molecule has 1 atom stereocenters. The molecule has 0 spiro atoms. The Bertz CT molecular complexity index is 719. The van der Waals surface area contributed by atoms with Crippen LogP contribution in [0.25, 0.3) is 10.9 Å². The van der Waals surface area contributed by atoms with Crippen molar-refractivity contribution < 1.29 is 14.3 Å². The second-order valence-corrected chi connectivity index (χ2v) is 6.21. The zero-order chi connectivity index (χ0) is 16.4. The van der Waals surface area contributed by atoms with Crippen LogP contribution in [0.2, 0.25) is 0 Å². The third-order valence-electron chi connectivity index (χ3n) is 4.98. The maximum atomic E-state index is 11.1. The molecule has 2 heterocycles. The lowest BCUT2D eigenvalue weighted by Gasteiger charge is -2.36. The number of aromatic nitrogens is 1. The predicted molar refractivity (Wildman–Crippen MR) is 90.6 cm³/mol. The minimum atomic E-state index is -0.382. The Balaban J connectivity index is 2.04. The zero-order valence-electron chi connectivity index (χ0n) is 14.2. The van der Waals surface area contributed by atoms with Gasteiger partial charge in [0.1, 0.15) is 5.60 Å². The number of ether oxygens (including phenoxy) is 2. The van der Waals surface area contributed by atoms with Crippen molar-refractivity contribution in [2.45, 2.75) is 52.1 Å². The number of aromatic amines is 1. The van der Waals surface area contributed by atoms with Crippen molar-refractivity contribution in [2.75, 3.05) is 13.2 Å². The van der Waals surface area contributed by atoms with E-state index >= 15 is 0 Å². The second kappa shape index (κ2) is 6.36. The minimum Gasteiger partial charge on any atom is -0.466 e. The number of carbonyl (C=O) groups is 1. The van der Waals surface area contributed by atoms with E-state index in [2.05, 4.69) is 37.0 Å². The Morgan fingerprint density at radius 3 is 2.91 bits per heavy atom. The van der Waals surface area contributed by atoms with Gasteiger partial charge in [-0.25, -0.2) is 0 Å². The lowest BCUT2D eigenvalue weighted by molar-refractivity contribution is -0.144. The fraction of sp³-hybridized carbons (Fsp3) is 0.526. The van der Waals surface area contributed by atoms with Gasteiger partial charge in [-0.1, -0.05) is 32.0 Å². The number of nitrogens with one attached hydrogen (secondary N) is 1. The van der Waals surface area contributed by atoms with Gasteiger partial charge in [0.05, 0.1) is 18.9 Å². The summed E-state index contributed by atoms with van der Waals surface area (Å²) in [4.78, 5) is 14.7. The summed E-state index contributed by atoms with van der Waals surface area (Å²) in [5.74, 6) is -0.239. The summed E-state index contributed by atoms with van der Waals surface area (Å²) >= 11 is 0. The highest BCUT2D eigenvalue weighted by molar-refractivity contribution is 5.88. The van der Waals surface area contributed by atoms with Crippen molar-refractivity contribution in [3.63, 3.8) is 0 Å². The molecular formula is C19H25NO3. The van der Waals surface area contributed by atoms with E-state index in [-0.39, 0.29) is 11.6 Å². The average molecular weight is 315 g/mol. The van der Waals surface area contributed by atoms with E-state index in [1.165, 1.54) is 34.6 Å². The largest absolute Gasteiger partial charge is 0.466 e. The summed E-state index contributed by atoms with van der Waals surface area (Å²) in [5.41, 5.74) is 4.73. The molecule has 23 heavy (non-hydrogen) atoms. The molecule has 3 rings (SSSR count). The van der Waals surface area contributed by atoms with E-state index in [0.717, 1.165) is 19.3 Å². The fourth-order valence-corrected chi connectivity index (χ4v) is 3.71. The summed E-state index contributed by atoms with van der Waals surface area (Å²) in [7, 11) is 0. The van der Waals surface area contributed by atoms with Crippen molar-refractivity contribution in [1.82, 2.24) is 4.98 Å². The molecule has 0 fully saturated rings. The first-order valence-electron chi connectivity index (χ1n) is 8.51. The molecule has 1 aromatic carbocycles. The fourth-order valence-electron chi connectivity index (χ4n) is 3.71. The maximum Gasteiger partial charge on any atom is 0.302 e. The minimum absolute atomic E-state index is 0.239. The highest BCUT2D eigenvalue weighted by Crippen LogP contribution is 2.42. The first-order chi connectivity index (χ1) is 11.1. The van der Waals surface area contributed by atoms with Crippen LogP contribution in [0.1, 0.15) is 50.4 Å². The van der Waals surface area contributed by atoms with Gasteiger partial charge in [0.15, 0.2) is 0 Å². The number of hydrogen-bond acceptors (Lipinski definition) is 3. The van der Waals surface area contributed by atoms with E-state index in [0.29, 0.717) is 19.6 Å². The summed E-state index contributed by atoms with van der Waals surface area (Å²) in [6.07, 6.45) is 3.47. The third-order valence-corrected chi connectivity index (χ3v) is 4.98. The number of para-hydroxylation sites is 1. The molecule has 0 radical (unpaired) electrons. The van der Waals surface area contributed by atoms with Crippen LogP contribution < -0.4 is 0 Å². The Labute approximate surface area is 137 Å². The highest BCUT2D eigenvalue weighted by Gasteiger charge is 2.39. The van der Waals surface area contributed by atoms with E-state index in [1.807, 2.05) is 0 Å². The number of H-pyrrole nitrogens is 1. The number of rotatable bonds is 5. The first-order valence-corrected chi connectivity index (χ1v) is 8.51. The average Bonchev–Trinajstić information content (AvgIpc) is 2.94. The molecule has 0 amide bonds. The smallest absolute Gasteiger partial charge is 0.302 e. The maximum absolute atomic E-state index is 11.1. The summed E-state index contributed by atoms with van der Waals surface area (Å²) in [6.45, 7) is 6.86. The molecule has 1 N–H and O–H groups in total. The van der Waals surface area contributed by atoms with Gasteiger partial charge in [-0.2, -0.15) is 0 Å². The summed E-state index contributed by atoms with van der Waals surface area (Å²) in [6, 6.07) is 6.51. The lowest BCUT2D eigenvalue weighted by Crippen LogP contribution is -2.36. The Morgan fingerprint density at radius 2 is 2.22 bits per heavy atom. The zero-order valence-corrected chi connectivity index (χ0v) is 14.2. The second-order valence-electron chi connectivity index (χ2n) is 6.21. The molecule has 1 aliphatic rings. The van der Waals surface area contributed by atoms with Gasteiger partial charge >= 0.3 is 5.97 Å². The molecule has 0 saturated heterocycles. The van der Waals surface area contributed by atoms with Gasteiger partial charge in [0, 0.05) is 24.2 Å². The van der Waals surface area contributed by atoms with Gasteiger partial charge in [0.25, 0.3) is 0 Å². The van der Waals surface area contributed by atoms with Crippen molar-refractivity contribution >= 4 is 16.9 Å². The Morgan fingerprint density at radius 1 is 1.39 bits per heavy atom. The van der Waals surface area contributed by atoms with Crippen molar-refractivity contribution in [3.8, 4) is 0 Å². The van der Waals surface area contributed by atoms with Crippen LogP contribution in [0.3, 0.4) is 0 Å². The number of esters is 1. The quantitative estimate of drug-likeness (QED) is 0.852. The SMILES string of the molecule is CCc1cccc2c3c([nH]c12)C(CC)(CCOC(C)=O)OCC3. The van der Waals surface area contributed by atoms with Crippen LogP contribution in [0, 0.1) is 0 Å². The van der Waals surface area contributed by atoms with E-state index in [1.54, 1.807) is 0 Å². The molecule has 4 heteroatoms. The van der Waals surface area contributed by atoms with Crippen molar-refractivity contribution in [3.05, 3.63) is 35.0 Å². The number of aryl methyl sites for hydroxylation is 1. The van der Waals surface area contributed by atoms with Gasteiger partial charge in [-0.05, 0) is 30.4 Å².